The zero-order chi connectivity index (χ0) is 9.52. The molecule has 0 aromatic carbocycles. The summed E-state index contributed by atoms with van der Waals surface area (Å²) in [4.78, 5) is 10.7. The maximum atomic E-state index is 10.7. The van der Waals surface area contributed by atoms with E-state index in [4.69, 9.17) is 10.6 Å². The highest BCUT2D eigenvalue weighted by molar-refractivity contribution is 14.2. The summed E-state index contributed by atoms with van der Waals surface area (Å²) in [5, 5.41) is 0. The van der Waals surface area contributed by atoms with Crippen LogP contribution in [0.5, 0.6) is 0 Å². The summed E-state index contributed by atoms with van der Waals surface area (Å²) < 4.78 is 9.52. The van der Waals surface area contributed by atoms with E-state index in [1.807, 2.05) is 17.6 Å². The Labute approximate surface area is 86.5 Å². The zero-order valence-electron chi connectivity index (χ0n) is 7.00. The smallest absolute Gasteiger partial charge is 0.237 e. The molecule has 4 nitrogen and oxygen atoms in total. The number of amides is 1. The Morgan fingerprint density at radius 1 is 1.69 bits per heavy atom. The van der Waals surface area contributed by atoms with Crippen molar-refractivity contribution < 1.29 is 9.53 Å². The van der Waals surface area contributed by atoms with Gasteiger partial charge in [0.25, 0.3) is 0 Å². The van der Waals surface area contributed by atoms with E-state index in [0.717, 1.165) is 5.76 Å². The number of ether oxygens (including phenoxy) is 1. The van der Waals surface area contributed by atoms with Crippen molar-refractivity contribution in [2.24, 2.45) is 5.84 Å². The van der Waals surface area contributed by atoms with Gasteiger partial charge in [0.2, 0.25) is 5.91 Å². The number of carbonyl (C=O) groups excluding carboxylic acids is 1. The number of hydrogen-bond donors (Lipinski definition) is 2. The summed E-state index contributed by atoms with van der Waals surface area (Å²) in [5.41, 5.74) is 2.04. The first-order chi connectivity index (χ1) is 6.33. The molecule has 0 bridgehead atoms. The molecular weight excluding hydrogens is 283 g/mol. The Hall–Kier alpha value is -0.690. The van der Waals surface area contributed by atoms with Crippen molar-refractivity contribution in [3.8, 4) is 0 Å². The van der Waals surface area contributed by atoms with Gasteiger partial charge >= 0.3 is 0 Å². The fraction of sp³-hybridized carbons (Fsp3) is 0.250. The van der Waals surface area contributed by atoms with Crippen molar-refractivity contribution in [2.45, 2.75) is 6.42 Å². The number of rotatable bonds is 4. The average molecular weight is 294 g/mol. The minimum Gasteiger partial charge on any atom is -0.493 e. The fourth-order valence-corrected chi connectivity index (χ4v) is 2.09. The lowest BCUT2D eigenvalue weighted by molar-refractivity contribution is -0.121. The molecule has 3 N–H and O–H groups in total. The number of hydrazine groups is 1. The molecule has 1 aliphatic heterocycles. The van der Waals surface area contributed by atoms with Gasteiger partial charge < -0.3 is 4.74 Å². The molecule has 0 aromatic heterocycles. The lowest BCUT2D eigenvalue weighted by Crippen LogP contribution is -2.30. The van der Waals surface area contributed by atoms with Crippen LogP contribution in [0.3, 0.4) is 0 Å². The Kier molecular flexibility index (Phi) is 4.69. The number of halogens is 1. The Balaban J connectivity index is 2.20. The van der Waals surface area contributed by atoms with Crippen LogP contribution in [-0.2, 0) is 9.53 Å². The summed E-state index contributed by atoms with van der Waals surface area (Å²) in [7, 11) is 0. The van der Waals surface area contributed by atoms with Gasteiger partial charge in [0.05, 0.1) is 13.0 Å². The summed E-state index contributed by atoms with van der Waals surface area (Å²) >= 11 is 0.0944. The summed E-state index contributed by atoms with van der Waals surface area (Å²) in [6, 6.07) is 0. The molecule has 1 heterocycles. The minimum atomic E-state index is -0.211. The number of nitrogens with one attached hydrogen (secondary N) is 1. The molecule has 0 aliphatic carbocycles. The van der Waals surface area contributed by atoms with Crippen molar-refractivity contribution in [1.82, 2.24) is 5.43 Å². The Morgan fingerprint density at radius 2 is 2.54 bits per heavy atom. The lowest BCUT2D eigenvalue weighted by atomic mass is 10.4. The second-order valence-electron chi connectivity index (χ2n) is 2.28. The first kappa shape index (κ1) is 10.4. The van der Waals surface area contributed by atoms with Crippen LogP contribution >= 0.6 is 20.7 Å². The standard InChI is InChI=1S/C8H11IN2O2/c10-11-8(12)3-6-13-7-1-4-9-5-2-7/h1-2,4-5H,3,6,10H2,(H,11,12). The topological polar surface area (TPSA) is 64.3 Å². The molecule has 0 radical (unpaired) electrons. The molecule has 0 saturated carbocycles. The number of hydrogen-bond acceptors (Lipinski definition) is 3. The molecule has 1 amide bonds. The van der Waals surface area contributed by atoms with Crippen molar-refractivity contribution in [3.05, 3.63) is 22.0 Å². The second-order valence-corrected chi connectivity index (χ2v) is 4.44. The van der Waals surface area contributed by atoms with Gasteiger partial charge in [0.1, 0.15) is 5.76 Å². The molecular formula is C8H11IN2O2. The van der Waals surface area contributed by atoms with Crippen molar-refractivity contribution >= 4 is 30.6 Å². The molecule has 1 rings (SSSR count). The highest BCUT2D eigenvalue weighted by atomic mass is 127. The first-order valence-corrected chi connectivity index (χ1v) is 6.26. The van der Waals surface area contributed by atoms with E-state index < -0.39 is 0 Å². The SMILES string of the molecule is NNC(=O)CCOC1=CC=IC=C1. The first-order valence-electron chi connectivity index (χ1n) is 3.77. The van der Waals surface area contributed by atoms with Crippen molar-refractivity contribution in [3.63, 3.8) is 0 Å². The zero-order valence-corrected chi connectivity index (χ0v) is 9.15. The normalized spacial score (nSPS) is 14.4. The van der Waals surface area contributed by atoms with Crippen LogP contribution in [-0.4, -0.2) is 16.5 Å². The van der Waals surface area contributed by atoms with E-state index in [0.29, 0.717) is 6.61 Å². The summed E-state index contributed by atoms with van der Waals surface area (Å²) in [6.45, 7) is 0.366. The third-order valence-corrected chi connectivity index (χ3v) is 2.91. The molecule has 0 fully saturated rings. The van der Waals surface area contributed by atoms with Crippen LogP contribution < -0.4 is 11.3 Å². The van der Waals surface area contributed by atoms with Gasteiger partial charge in [-0.1, -0.05) is 20.7 Å². The Bertz CT molecular complexity index is 271. The molecule has 0 saturated heterocycles. The van der Waals surface area contributed by atoms with Crippen LogP contribution in [0.1, 0.15) is 6.42 Å². The lowest BCUT2D eigenvalue weighted by Gasteiger charge is -2.06. The van der Waals surface area contributed by atoms with Crippen LogP contribution in [0, 0.1) is 0 Å². The predicted molar refractivity (Wildman–Crippen MR) is 60.2 cm³/mol. The quantitative estimate of drug-likeness (QED) is 0.345. The largest absolute Gasteiger partial charge is 0.493 e. The van der Waals surface area contributed by atoms with E-state index in [-0.39, 0.29) is 33.1 Å². The summed E-state index contributed by atoms with van der Waals surface area (Å²) in [6.07, 6.45) is 4.16. The summed E-state index contributed by atoms with van der Waals surface area (Å²) in [5.74, 6) is 5.51. The molecule has 0 atom stereocenters. The monoisotopic (exact) mass is 294 g/mol. The van der Waals surface area contributed by atoms with Crippen LogP contribution in [0.4, 0.5) is 0 Å². The number of nitrogens with two attached hydrogens (primary N) is 1. The van der Waals surface area contributed by atoms with Gasteiger partial charge in [-0.05, 0) is 20.2 Å². The third kappa shape index (κ3) is 4.18. The van der Waals surface area contributed by atoms with E-state index in [9.17, 15) is 4.79 Å². The molecule has 72 valence electrons. The molecule has 1 aliphatic rings. The van der Waals surface area contributed by atoms with Gasteiger partial charge in [-0.25, -0.2) is 5.84 Å². The van der Waals surface area contributed by atoms with Crippen molar-refractivity contribution in [1.29, 1.82) is 0 Å². The minimum absolute atomic E-state index is 0.0944. The molecule has 0 aromatic rings. The van der Waals surface area contributed by atoms with Gasteiger partial charge in [-0.2, -0.15) is 0 Å². The maximum absolute atomic E-state index is 10.7. The van der Waals surface area contributed by atoms with Crippen LogP contribution in [0.15, 0.2) is 22.0 Å². The van der Waals surface area contributed by atoms with Gasteiger partial charge in [-0.15, -0.1) is 0 Å². The van der Waals surface area contributed by atoms with E-state index in [1.165, 1.54) is 0 Å². The van der Waals surface area contributed by atoms with Gasteiger partial charge in [0, 0.05) is 0 Å². The van der Waals surface area contributed by atoms with E-state index in [1.54, 1.807) is 0 Å². The molecule has 0 unspecified atom stereocenters. The fourth-order valence-electron chi connectivity index (χ4n) is 0.724. The molecule has 13 heavy (non-hydrogen) atoms. The highest BCUT2D eigenvalue weighted by Gasteiger charge is 1.99. The van der Waals surface area contributed by atoms with Gasteiger partial charge in [-0.3, -0.25) is 10.2 Å². The number of carbonyl (C=O) groups is 1. The van der Waals surface area contributed by atoms with E-state index in [2.05, 4.69) is 8.09 Å². The number of allylic oxidation sites excluding steroid dienone is 2. The maximum Gasteiger partial charge on any atom is 0.237 e. The van der Waals surface area contributed by atoms with Crippen molar-refractivity contribution in [2.75, 3.05) is 6.61 Å². The second kappa shape index (κ2) is 5.87. The van der Waals surface area contributed by atoms with E-state index >= 15 is 0 Å². The average Bonchev–Trinajstić information content (AvgIpc) is 2.19. The van der Waals surface area contributed by atoms with Crippen LogP contribution in [0.2, 0.25) is 0 Å². The highest BCUT2D eigenvalue weighted by Crippen LogP contribution is 2.10. The Morgan fingerprint density at radius 3 is 3.15 bits per heavy atom. The molecule has 5 heteroatoms. The molecule has 0 spiro atoms. The third-order valence-electron chi connectivity index (χ3n) is 1.36. The van der Waals surface area contributed by atoms with Crippen LogP contribution in [0.25, 0.3) is 0 Å². The van der Waals surface area contributed by atoms with Gasteiger partial charge in [0.15, 0.2) is 0 Å². The predicted octanol–water partition coefficient (Wildman–Crippen LogP) is 0.567.